The summed E-state index contributed by atoms with van der Waals surface area (Å²) in [5.74, 6) is 0. The van der Waals surface area contributed by atoms with E-state index in [1.165, 1.54) is 0 Å². The summed E-state index contributed by atoms with van der Waals surface area (Å²) in [6.45, 7) is 3.05. The van der Waals surface area contributed by atoms with Crippen molar-refractivity contribution >= 4 is 27.5 Å². The van der Waals surface area contributed by atoms with Gasteiger partial charge in [0.25, 0.3) is 0 Å². The third-order valence-electron chi connectivity index (χ3n) is 3.58. The molecule has 3 aromatic rings. The molecule has 0 amide bonds. The van der Waals surface area contributed by atoms with Crippen LogP contribution >= 0.6 is 0 Å². The number of para-hydroxylation sites is 1. The lowest BCUT2D eigenvalue weighted by atomic mass is 10.1. The Hall–Kier alpha value is -2.29. The Labute approximate surface area is 117 Å². The first-order valence-corrected chi connectivity index (χ1v) is 7.09. The van der Waals surface area contributed by atoms with E-state index in [2.05, 4.69) is 17.2 Å². The normalized spacial score (nSPS) is 11.1. The Bertz CT molecular complexity index is 805. The molecule has 1 aromatic heterocycles. The topological polar surface area (TPSA) is 44.9 Å². The van der Waals surface area contributed by atoms with Gasteiger partial charge < -0.3 is 10.3 Å². The third-order valence-corrected chi connectivity index (χ3v) is 3.58. The number of hydrogen-bond donors (Lipinski definition) is 2. The number of pyridine rings is 1. The molecule has 0 aliphatic heterocycles. The maximum atomic E-state index is 12.7. The molecule has 0 aliphatic rings. The second-order valence-electron chi connectivity index (χ2n) is 5.01. The number of nitrogens with one attached hydrogen (secondary N) is 2. The van der Waals surface area contributed by atoms with E-state index in [9.17, 15) is 4.79 Å². The number of H-pyrrole nitrogens is 1. The second kappa shape index (κ2) is 5.37. The molecule has 2 N–H and O–H groups in total. The largest absolute Gasteiger partial charge is 0.384 e. The van der Waals surface area contributed by atoms with Crippen LogP contribution < -0.4 is 10.7 Å². The SMILES string of the molecule is CCCCNc1cccc2[nH]c3ccccc3c(=O)c12. The summed E-state index contributed by atoms with van der Waals surface area (Å²) in [5.41, 5.74) is 2.78. The molecule has 3 nitrogen and oxygen atoms in total. The molecular formula is C17H18N2O. The van der Waals surface area contributed by atoms with Gasteiger partial charge in [0.15, 0.2) is 5.43 Å². The van der Waals surface area contributed by atoms with Gasteiger partial charge in [-0.15, -0.1) is 0 Å². The molecular weight excluding hydrogens is 248 g/mol. The minimum Gasteiger partial charge on any atom is -0.384 e. The van der Waals surface area contributed by atoms with Gasteiger partial charge in [0, 0.05) is 23.1 Å². The monoisotopic (exact) mass is 266 g/mol. The van der Waals surface area contributed by atoms with E-state index in [1.807, 2.05) is 42.5 Å². The van der Waals surface area contributed by atoms with Gasteiger partial charge in [-0.2, -0.15) is 0 Å². The summed E-state index contributed by atoms with van der Waals surface area (Å²) >= 11 is 0. The second-order valence-corrected chi connectivity index (χ2v) is 5.01. The highest BCUT2D eigenvalue weighted by molar-refractivity contribution is 5.99. The summed E-state index contributed by atoms with van der Waals surface area (Å²) in [6.07, 6.45) is 2.24. The number of aromatic nitrogens is 1. The zero-order valence-electron chi connectivity index (χ0n) is 11.6. The van der Waals surface area contributed by atoms with Crippen molar-refractivity contribution in [1.29, 1.82) is 0 Å². The Kier molecular flexibility index (Phi) is 3.42. The zero-order chi connectivity index (χ0) is 13.9. The summed E-state index contributed by atoms with van der Waals surface area (Å²) < 4.78 is 0. The molecule has 0 bridgehead atoms. The predicted octanol–water partition coefficient (Wildman–Crippen LogP) is 3.89. The molecule has 20 heavy (non-hydrogen) atoms. The van der Waals surface area contributed by atoms with Crippen LogP contribution in [-0.4, -0.2) is 11.5 Å². The van der Waals surface area contributed by atoms with Gasteiger partial charge in [0.2, 0.25) is 0 Å². The van der Waals surface area contributed by atoms with Gasteiger partial charge in [-0.3, -0.25) is 4.79 Å². The lowest BCUT2D eigenvalue weighted by molar-refractivity contribution is 0.835. The summed E-state index contributed by atoms with van der Waals surface area (Å²) in [6, 6.07) is 13.5. The van der Waals surface area contributed by atoms with Gasteiger partial charge in [-0.05, 0) is 30.7 Å². The van der Waals surface area contributed by atoms with Crippen LogP contribution in [0.1, 0.15) is 19.8 Å². The maximum Gasteiger partial charge on any atom is 0.199 e. The molecule has 2 aromatic carbocycles. The van der Waals surface area contributed by atoms with Gasteiger partial charge in [0.1, 0.15) is 0 Å². The molecule has 0 spiro atoms. The number of unbranched alkanes of at least 4 members (excludes halogenated alkanes) is 1. The van der Waals surface area contributed by atoms with Crippen LogP contribution in [-0.2, 0) is 0 Å². The molecule has 1 heterocycles. The van der Waals surface area contributed by atoms with Crippen LogP contribution in [0.5, 0.6) is 0 Å². The number of benzene rings is 2. The fraction of sp³-hybridized carbons (Fsp3) is 0.235. The summed E-state index contributed by atoms with van der Waals surface area (Å²) in [7, 11) is 0. The molecule has 0 aliphatic carbocycles. The number of anilines is 1. The number of hydrogen-bond acceptors (Lipinski definition) is 2. The van der Waals surface area contributed by atoms with E-state index in [1.54, 1.807) is 0 Å². The first-order chi connectivity index (χ1) is 9.81. The van der Waals surface area contributed by atoms with E-state index in [0.29, 0.717) is 0 Å². The standard InChI is InChI=1S/C17H18N2O/c1-2-3-11-18-14-9-6-10-15-16(14)17(20)12-7-4-5-8-13(12)19-15/h4-10,18H,2-3,11H2,1H3,(H,19,20). The van der Waals surface area contributed by atoms with Crippen LogP contribution in [0.2, 0.25) is 0 Å². The predicted molar refractivity (Wildman–Crippen MR) is 85.5 cm³/mol. The lowest BCUT2D eigenvalue weighted by Crippen LogP contribution is -2.09. The lowest BCUT2D eigenvalue weighted by Gasteiger charge is -2.10. The molecule has 0 radical (unpaired) electrons. The highest BCUT2D eigenvalue weighted by Gasteiger charge is 2.08. The third kappa shape index (κ3) is 2.16. The molecule has 102 valence electrons. The minimum atomic E-state index is 0.0916. The Balaban J connectivity index is 2.22. The summed E-state index contributed by atoms with van der Waals surface area (Å²) in [4.78, 5) is 16.0. The van der Waals surface area contributed by atoms with Gasteiger partial charge >= 0.3 is 0 Å². The van der Waals surface area contributed by atoms with Gasteiger partial charge in [-0.1, -0.05) is 31.5 Å². The number of aromatic amines is 1. The van der Waals surface area contributed by atoms with Gasteiger partial charge in [0.05, 0.1) is 10.9 Å². The van der Waals surface area contributed by atoms with Crippen molar-refractivity contribution in [3.8, 4) is 0 Å². The van der Waals surface area contributed by atoms with E-state index >= 15 is 0 Å². The van der Waals surface area contributed by atoms with Crippen molar-refractivity contribution in [2.45, 2.75) is 19.8 Å². The Morgan fingerprint density at radius 1 is 1.05 bits per heavy atom. The highest BCUT2D eigenvalue weighted by Crippen LogP contribution is 2.21. The first kappa shape index (κ1) is 12.7. The number of fused-ring (bicyclic) bond motifs is 2. The van der Waals surface area contributed by atoms with Crippen LogP contribution in [0.25, 0.3) is 21.8 Å². The van der Waals surface area contributed by atoms with E-state index in [-0.39, 0.29) is 5.43 Å². The Morgan fingerprint density at radius 3 is 2.70 bits per heavy atom. The average Bonchev–Trinajstić information content (AvgIpc) is 2.48. The molecule has 0 saturated heterocycles. The average molecular weight is 266 g/mol. The van der Waals surface area contributed by atoms with Crippen LogP contribution in [0.15, 0.2) is 47.3 Å². The molecule has 0 saturated carbocycles. The fourth-order valence-electron chi connectivity index (χ4n) is 2.52. The molecule has 3 rings (SSSR count). The molecule has 0 unspecified atom stereocenters. The molecule has 0 atom stereocenters. The zero-order valence-corrected chi connectivity index (χ0v) is 11.6. The van der Waals surface area contributed by atoms with E-state index in [0.717, 1.165) is 46.9 Å². The van der Waals surface area contributed by atoms with Crippen molar-refractivity contribution in [3.05, 3.63) is 52.7 Å². The van der Waals surface area contributed by atoms with E-state index < -0.39 is 0 Å². The number of rotatable bonds is 4. The maximum absolute atomic E-state index is 12.7. The Morgan fingerprint density at radius 2 is 1.85 bits per heavy atom. The van der Waals surface area contributed by atoms with Crippen molar-refractivity contribution in [1.82, 2.24) is 4.98 Å². The van der Waals surface area contributed by atoms with Crippen LogP contribution in [0, 0.1) is 0 Å². The summed E-state index contributed by atoms with van der Waals surface area (Å²) in [5, 5.41) is 4.87. The quantitative estimate of drug-likeness (QED) is 0.556. The van der Waals surface area contributed by atoms with Crippen molar-refractivity contribution in [2.24, 2.45) is 0 Å². The van der Waals surface area contributed by atoms with Crippen molar-refractivity contribution < 1.29 is 0 Å². The van der Waals surface area contributed by atoms with E-state index in [4.69, 9.17) is 0 Å². The minimum absolute atomic E-state index is 0.0916. The van der Waals surface area contributed by atoms with Crippen LogP contribution in [0.4, 0.5) is 5.69 Å². The smallest absolute Gasteiger partial charge is 0.199 e. The van der Waals surface area contributed by atoms with Gasteiger partial charge in [-0.25, -0.2) is 0 Å². The first-order valence-electron chi connectivity index (χ1n) is 7.09. The molecule has 0 fully saturated rings. The highest BCUT2D eigenvalue weighted by atomic mass is 16.1. The van der Waals surface area contributed by atoms with Crippen LogP contribution in [0.3, 0.4) is 0 Å². The van der Waals surface area contributed by atoms with Crippen molar-refractivity contribution in [3.63, 3.8) is 0 Å². The fourth-order valence-corrected chi connectivity index (χ4v) is 2.52. The van der Waals surface area contributed by atoms with Crippen molar-refractivity contribution in [2.75, 3.05) is 11.9 Å². The molecule has 3 heteroatoms.